The number of hydrogen-bond donors (Lipinski definition) is 0. The standard InChI is InChI=1S/C8H9F3/c1-7(9)5-2-3-6(4-5)8(7,10)11/h2-3,5-6H,4H2,1H3. The van der Waals surface area contributed by atoms with E-state index in [1.807, 2.05) is 0 Å². The first-order chi connectivity index (χ1) is 4.96. The largest absolute Gasteiger partial charge is 0.287 e. The lowest BCUT2D eigenvalue weighted by molar-refractivity contribution is -0.135. The van der Waals surface area contributed by atoms with Gasteiger partial charge in [0.1, 0.15) is 0 Å². The van der Waals surface area contributed by atoms with Gasteiger partial charge in [0.25, 0.3) is 5.92 Å². The molecule has 11 heavy (non-hydrogen) atoms. The summed E-state index contributed by atoms with van der Waals surface area (Å²) in [4.78, 5) is 0. The van der Waals surface area contributed by atoms with Crippen LogP contribution in [0.2, 0.25) is 0 Å². The van der Waals surface area contributed by atoms with Crippen LogP contribution in [0.25, 0.3) is 0 Å². The van der Waals surface area contributed by atoms with Crippen LogP contribution in [0.15, 0.2) is 12.2 Å². The molecule has 0 radical (unpaired) electrons. The van der Waals surface area contributed by atoms with Gasteiger partial charge < -0.3 is 0 Å². The van der Waals surface area contributed by atoms with Crippen molar-refractivity contribution < 1.29 is 13.2 Å². The number of halogens is 3. The third-order valence-corrected chi connectivity index (χ3v) is 2.90. The van der Waals surface area contributed by atoms with E-state index in [9.17, 15) is 13.2 Å². The van der Waals surface area contributed by atoms with E-state index >= 15 is 0 Å². The molecule has 0 saturated heterocycles. The zero-order valence-electron chi connectivity index (χ0n) is 6.15. The van der Waals surface area contributed by atoms with Gasteiger partial charge in [0.2, 0.25) is 0 Å². The fourth-order valence-corrected chi connectivity index (χ4v) is 1.98. The second-order valence-corrected chi connectivity index (χ2v) is 3.53. The molecule has 0 heterocycles. The van der Waals surface area contributed by atoms with Crippen molar-refractivity contribution in [2.24, 2.45) is 11.8 Å². The van der Waals surface area contributed by atoms with Crippen molar-refractivity contribution in [3.63, 3.8) is 0 Å². The van der Waals surface area contributed by atoms with Crippen molar-refractivity contribution in [1.82, 2.24) is 0 Å². The summed E-state index contributed by atoms with van der Waals surface area (Å²) < 4.78 is 39.3. The van der Waals surface area contributed by atoms with Crippen LogP contribution < -0.4 is 0 Å². The molecule has 2 rings (SSSR count). The first-order valence-electron chi connectivity index (χ1n) is 3.71. The molecular weight excluding hydrogens is 153 g/mol. The molecule has 0 aromatic heterocycles. The highest BCUT2D eigenvalue weighted by Crippen LogP contribution is 2.57. The van der Waals surface area contributed by atoms with Crippen LogP contribution in [0, 0.1) is 11.8 Å². The quantitative estimate of drug-likeness (QED) is 0.480. The van der Waals surface area contributed by atoms with Gasteiger partial charge in [-0.05, 0) is 13.3 Å². The summed E-state index contributed by atoms with van der Waals surface area (Å²) >= 11 is 0. The highest BCUT2D eigenvalue weighted by atomic mass is 19.3. The third kappa shape index (κ3) is 0.620. The van der Waals surface area contributed by atoms with Crippen molar-refractivity contribution in [3.8, 4) is 0 Å². The van der Waals surface area contributed by atoms with Gasteiger partial charge in [-0.2, -0.15) is 0 Å². The number of fused-ring (bicyclic) bond motifs is 2. The molecule has 62 valence electrons. The number of hydrogen-bond acceptors (Lipinski definition) is 0. The topological polar surface area (TPSA) is 0 Å². The fourth-order valence-electron chi connectivity index (χ4n) is 1.98. The lowest BCUT2D eigenvalue weighted by atomic mass is 9.89. The maximum atomic E-state index is 13.3. The Morgan fingerprint density at radius 3 is 2.00 bits per heavy atom. The second kappa shape index (κ2) is 1.65. The zero-order chi connectivity index (χ0) is 8.28. The minimum atomic E-state index is -3.15. The molecule has 3 unspecified atom stereocenters. The van der Waals surface area contributed by atoms with Crippen LogP contribution >= 0.6 is 0 Å². The SMILES string of the molecule is CC1(F)C2C=CC(C2)C1(F)F. The van der Waals surface area contributed by atoms with Crippen LogP contribution in [-0.4, -0.2) is 11.6 Å². The minimum Gasteiger partial charge on any atom is -0.237 e. The molecule has 0 aliphatic heterocycles. The van der Waals surface area contributed by atoms with Crippen LogP contribution in [0.4, 0.5) is 13.2 Å². The molecular formula is C8H9F3. The number of rotatable bonds is 0. The smallest absolute Gasteiger partial charge is 0.237 e. The Kier molecular flexibility index (Phi) is 1.08. The predicted molar refractivity (Wildman–Crippen MR) is 35.2 cm³/mol. The van der Waals surface area contributed by atoms with E-state index in [1.54, 1.807) is 6.08 Å². The normalized spacial score (nSPS) is 52.0. The Morgan fingerprint density at radius 1 is 1.18 bits per heavy atom. The van der Waals surface area contributed by atoms with E-state index in [2.05, 4.69) is 0 Å². The van der Waals surface area contributed by atoms with Gasteiger partial charge in [-0.15, -0.1) is 0 Å². The van der Waals surface area contributed by atoms with Gasteiger partial charge in [-0.3, -0.25) is 0 Å². The number of allylic oxidation sites excluding steroid dienone is 2. The van der Waals surface area contributed by atoms with Crippen molar-refractivity contribution in [1.29, 1.82) is 0 Å². The van der Waals surface area contributed by atoms with Crippen LogP contribution in [-0.2, 0) is 0 Å². The van der Waals surface area contributed by atoms with Gasteiger partial charge >= 0.3 is 0 Å². The van der Waals surface area contributed by atoms with Crippen LogP contribution in [0.3, 0.4) is 0 Å². The lowest BCUT2D eigenvalue weighted by Crippen LogP contribution is -2.44. The van der Waals surface area contributed by atoms with E-state index < -0.39 is 23.4 Å². The summed E-state index contributed by atoms with van der Waals surface area (Å²) in [7, 11) is 0. The lowest BCUT2D eigenvalue weighted by Gasteiger charge is -2.30. The molecule has 0 nitrogen and oxygen atoms in total. The van der Waals surface area contributed by atoms with Crippen molar-refractivity contribution in [2.75, 3.05) is 0 Å². The average molecular weight is 162 g/mol. The highest BCUT2D eigenvalue weighted by molar-refractivity contribution is 5.23. The monoisotopic (exact) mass is 162 g/mol. The minimum absolute atomic E-state index is 0.278. The second-order valence-electron chi connectivity index (χ2n) is 3.53. The summed E-state index contributed by atoms with van der Waals surface area (Å²) in [6.45, 7) is 1.00. The van der Waals surface area contributed by atoms with Gasteiger partial charge in [-0.25, -0.2) is 13.2 Å². The van der Waals surface area contributed by atoms with E-state index in [0.29, 0.717) is 0 Å². The maximum absolute atomic E-state index is 13.3. The summed E-state index contributed by atoms with van der Waals surface area (Å²) in [6.07, 6.45) is 3.29. The predicted octanol–water partition coefficient (Wildman–Crippen LogP) is 2.56. The maximum Gasteiger partial charge on any atom is 0.287 e. The Labute approximate surface area is 63.1 Å². The molecule has 1 fully saturated rings. The molecule has 2 aliphatic rings. The summed E-state index contributed by atoms with van der Waals surface area (Å²) in [6, 6.07) is 0. The molecule has 3 heteroatoms. The molecule has 0 amide bonds. The first-order valence-corrected chi connectivity index (χ1v) is 3.71. The first kappa shape index (κ1) is 7.19. The fraction of sp³-hybridized carbons (Fsp3) is 0.750. The molecule has 0 aromatic carbocycles. The van der Waals surface area contributed by atoms with Gasteiger partial charge in [0.05, 0.1) is 0 Å². The van der Waals surface area contributed by atoms with E-state index in [4.69, 9.17) is 0 Å². The number of alkyl halides is 3. The van der Waals surface area contributed by atoms with E-state index in [0.717, 1.165) is 6.92 Å². The Bertz CT molecular complexity index is 195. The molecule has 1 saturated carbocycles. The third-order valence-electron chi connectivity index (χ3n) is 2.90. The highest BCUT2D eigenvalue weighted by Gasteiger charge is 2.67. The average Bonchev–Trinajstić information content (AvgIpc) is 2.37. The summed E-state index contributed by atoms with van der Waals surface area (Å²) in [5, 5.41) is 0. The molecule has 0 N–H and O–H groups in total. The van der Waals surface area contributed by atoms with Crippen molar-refractivity contribution >= 4 is 0 Å². The Hall–Kier alpha value is -0.470. The van der Waals surface area contributed by atoms with Gasteiger partial charge in [-0.1, -0.05) is 12.2 Å². The Balaban J connectivity index is 2.45. The van der Waals surface area contributed by atoms with Crippen molar-refractivity contribution in [2.45, 2.75) is 24.9 Å². The summed E-state index contributed by atoms with van der Waals surface area (Å²) in [5.41, 5.74) is -2.31. The van der Waals surface area contributed by atoms with Gasteiger partial charge in [0.15, 0.2) is 5.67 Å². The molecule has 3 atom stereocenters. The molecule has 0 spiro atoms. The molecule has 2 bridgehead atoms. The van der Waals surface area contributed by atoms with E-state index in [-0.39, 0.29) is 6.42 Å². The Morgan fingerprint density at radius 2 is 1.73 bits per heavy atom. The zero-order valence-corrected chi connectivity index (χ0v) is 6.15. The molecule has 0 aromatic rings. The summed E-state index contributed by atoms with van der Waals surface area (Å²) in [5.74, 6) is -4.57. The van der Waals surface area contributed by atoms with Crippen LogP contribution in [0.5, 0.6) is 0 Å². The molecule has 2 aliphatic carbocycles. The van der Waals surface area contributed by atoms with Gasteiger partial charge in [0, 0.05) is 11.8 Å². The van der Waals surface area contributed by atoms with Crippen LogP contribution in [0.1, 0.15) is 13.3 Å². The van der Waals surface area contributed by atoms with Crippen molar-refractivity contribution in [3.05, 3.63) is 12.2 Å². The van der Waals surface area contributed by atoms with E-state index in [1.165, 1.54) is 6.08 Å².